The average molecular weight is 723 g/mol. The summed E-state index contributed by atoms with van der Waals surface area (Å²) in [4.78, 5) is 28.4. The van der Waals surface area contributed by atoms with Crippen molar-refractivity contribution in [3.63, 3.8) is 0 Å². The quantitative estimate of drug-likeness (QED) is 0.113. The van der Waals surface area contributed by atoms with Crippen molar-refractivity contribution < 1.29 is 19.4 Å². The third-order valence-electron chi connectivity index (χ3n) is 17.3. The maximum atomic E-state index is 14.6. The van der Waals surface area contributed by atoms with Crippen LogP contribution in [-0.2, 0) is 14.3 Å². The van der Waals surface area contributed by atoms with Crippen LogP contribution in [0.5, 0.6) is 0 Å². The van der Waals surface area contributed by atoms with Gasteiger partial charge in [-0.1, -0.05) is 150 Å². The highest BCUT2D eigenvalue weighted by Gasteiger charge is 2.70. The van der Waals surface area contributed by atoms with Crippen molar-refractivity contribution in [1.29, 1.82) is 0 Å². The molecule has 1 N–H and O–H groups in total. The smallest absolute Gasteiger partial charge is 0.311 e. The SMILES string of the molecule is CCCCCCCCCCCCCCCCCCOC(=O)[C@@]1(C)CC[C@]2(C)CC[C@]3(C)C(=CC(=O)C4[C@@]5(C)CCC(O)C(C)(C)C5CC[C@]43C)C2C1. The highest BCUT2D eigenvalue weighted by Crippen LogP contribution is 2.75. The number of carbonyl (C=O) groups is 2. The number of hydrogen-bond donors (Lipinski definition) is 1. The molecule has 0 aromatic carbocycles. The van der Waals surface area contributed by atoms with Gasteiger partial charge in [0.2, 0.25) is 0 Å². The van der Waals surface area contributed by atoms with E-state index in [2.05, 4.69) is 61.5 Å². The molecule has 4 fully saturated rings. The van der Waals surface area contributed by atoms with Gasteiger partial charge in [0.1, 0.15) is 0 Å². The Hall–Kier alpha value is -1.16. The van der Waals surface area contributed by atoms with Crippen LogP contribution in [0.15, 0.2) is 11.6 Å². The molecule has 0 aromatic rings. The van der Waals surface area contributed by atoms with E-state index >= 15 is 0 Å². The molecule has 0 heterocycles. The fourth-order valence-electron chi connectivity index (χ4n) is 13.3. The van der Waals surface area contributed by atoms with Gasteiger partial charge < -0.3 is 9.84 Å². The van der Waals surface area contributed by atoms with Crippen molar-refractivity contribution in [2.24, 2.45) is 50.2 Å². The lowest BCUT2D eigenvalue weighted by Gasteiger charge is -2.70. The lowest BCUT2D eigenvalue weighted by molar-refractivity contribution is -0.202. The van der Waals surface area contributed by atoms with Crippen molar-refractivity contribution in [3.8, 4) is 0 Å². The molecule has 4 nitrogen and oxygen atoms in total. The van der Waals surface area contributed by atoms with Gasteiger partial charge in [-0.25, -0.2) is 0 Å². The second-order valence-electron chi connectivity index (χ2n) is 21.1. The van der Waals surface area contributed by atoms with Crippen molar-refractivity contribution in [3.05, 3.63) is 11.6 Å². The summed E-state index contributed by atoms with van der Waals surface area (Å²) in [6, 6.07) is 0. The van der Waals surface area contributed by atoms with E-state index in [0.29, 0.717) is 18.3 Å². The molecule has 0 saturated heterocycles. The Morgan fingerprint density at radius 3 is 1.83 bits per heavy atom. The van der Waals surface area contributed by atoms with Crippen LogP contribution in [0.1, 0.15) is 216 Å². The van der Waals surface area contributed by atoms with E-state index < -0.39 is 5.41 Å². The Bertz CT molecular complexity index is 1250. The summed E-state index contributed by atoms with van der Waals surface area (Å²) in [6.45, 7) is 19.3. The predicted molar refractivity (Wildman–Crippen MR) is 216 cm³/mol. The zero-order valence-corrected chi connectivity index (χ0v) is 35.4. The second kappa shape index (κ2) is 16.9. The van der Waals surface area contributed by atoms with Gasteiger partial charge in [0, 0.05) is 5.92 Å². The number of ketones is 1. The first-order chi connectivity index (χ1) is 24.6. The van der Waals surface area contributed by atoms with Crippen molar-refractivity contribution in [2.75, 3.05) is 6.61 Å². The van der Waals surface area contributed by atoms with E-state index in [1.807, 2.05) is 0 Å². The third kappa shape index (κ3) is 8.05. The molecular formula is C48H82O4. The highest BCUT2D eigenvalue weighted by molar-refractivity contribution is 5.95. The second-order valence-corrected chi connectivity index (χ2v) is 21.1. The number of aliphatic hydroxyl groups is 1. The lowest BCUT2D eigenvalue weighted by Crippen LogP contribution is -2.66. The average Bonchev–Trinajstić information content (AvgIpc) is 3.09. The van der Waals surface area contributed by atoms with Gasteiger partial charge in [0.05, 0.1) is 18.1 Å². The molecule has 4 unspecified atom stereocenters. The topological polar surface area (TPSA) is 63.6 Å². The first-order valence-corrected chi connectivity index (χ1v) is 22.7. The number of allylic oxidation sites excluding steroid dienone is 2. The molecule has 52 heavy (non-hydrogen) atoms. The highest BCUT2D eigenvalue weighted by atomic mass is 16.5. The number of unbranched alkanes of at least 4 members (excludes halogenated alkanes) is 15. The molecule has 0 aromatic heterocycles. The van der Waals surface area contributed by atoms with Gasteiger partial charge in [0.25, 0.3) is 0 Å². The first kappa shape index (κ1) is 42.0. The van der Waals surface area contributed by atoms with Crippen LogP contribution in [0.4, 0.5) is 0 Å². The minimum Gasteiger partial charge on any atom is -0.465 e. The van der Waals surface area contributed by atoms with Gasteiger partial charge in [-0.3, -0.25) is 9.59 Å². The molecule has 5 rings (SSSR count). The van der Waals surface area contributed by atoms with Crippen molar-refractivity contribution >= 4 is 11.8 Å². The zero-order chi connectivity index (χ0) is 37.8. The molecule has 0 amide bonds. The fraction of sp³-hybridized carbons (Fsp3) is 0.917. The Labute approximate surface area is 320 Å². The van der Waals surface area contributed by atoms with Crippen LogP contribution < -0.4 is 0 Å². The van der Waals surface area contributed by atoms with Crippen LogP contribution in [0.25, 0.3) is 0 Å². The van der Waals surface area contributed by atoms with E-state index in [1.54, 1.807) is 0 Å². The molecular weight excluding hydrogens is 641 g/mol. The predicted octanol–water partition coefficient (Wildman–Crippen LogP) is 13.1. The Morgan fingerprint density at radius 1 is 0.712 bits per heavy atom. The molecule has 4 heteroatoms. The van der Waals surface area contributed by atoms with E-state index in [9.17, 15) is 14.7 Å². The van der Waals surface area contributed by atoms with Crippen molar-refractivity contribution in [2.45, 2.75) is 222 Å². The minimum absolute atomic E-state index is 0.00868. The minimum atomic E-state index is -0.494. The van der Waals surface area contributed by atoms with Crippen LogP contribution in [0.2, 0.25) is 0 Å². The molecule has 4 saturated carbocycles. The molecule has 0 bridgehead atoms. The molecule has 9 atom stereocenters. The Morgan fingerprint density at radius 2 is 1.25 bits per heavy atom. The molecule has 0 radical (unpaired) electrons. The number of rotatable bonds is 18. The van der Waals surface area contributed by atoms with Gasteiger partial charge >= 0.3 is 5.97 Å². The van der Waals surface area contributed by atoms with Crippen LogP contribution in [0.3, 0.4) is 0 Å². The van der Waals surface area contributed by atoms with E-state index in [-0.39, 0.29) is 51.0 Å². The molecule has 5 aliphatic rings. The zero-order valence-electron chi connectivity index (χ0n) is 35.4. The molecule has 298 valence electrons. The number of esters is 1. The van der Waals surface area contributed by atoms with E-state index in [4.69, 9.17) is 4.74 Å². The van der Waals surface area contributed by atoms with Gasteiger partial charge in [0.15, 0.2) is 5.78 Å². The van der Waals surface area contributed by atoms with Gasteiger partial charge in [-0.2, -0.15) is 0 Å². The summed E-state index contributed by atoms with van der Waals surface area (Å²) in [5.74, 6) is 0.899. The Kier molecular flexibility index (Phi) is 13.7. The van der Waals surface area contributed by atoms with Crippen LogP contribution in [-0.4, -0.2) is 29.6 Å². The number of carbonyl (C=O) groups excluding carboxylic acids is 2. The monoisotopic (exact) mass is 723 g/mol. The number of ether oxygens (including phenoxy) is 1. The van der Waals surface area contributed by atoms with Gasteiger partial charge in [-0.05, 0) is 116 Å². The standard InChI is InChI=1S/C48H82O4/c1-9-10-11-12-13-14-15-16-17-18-19-20-21-22-23-24-33-52-42(51)45(5)30-29-44(4)31-32-47(7)36(37(44)35-45)34-38(49)41-46(6)27-26-40(50)43(2,3)39(46)25-28-48(41,47)8/h34,37,39-41,50H,9-33,35H2,1-8H3/t37?,39?,40?,41?,44-,45+,46+,47-,48-/m1/s1. The van der Waals surface area contributed by atoms with Crippen LogP contribution in [0, 0.1) is 50.2 Å². The summed E-state index contributed by atoms with van der Waals surface area (Å²) in [5.41, 5.74) is 0.546. The van der Waals surface area contributed by atoms with Gasteiger partial charge in [-0.15, -0.1) is 0 Å². The maximum absolute atomic E-state index is 14.6. The van der Waals surface area contributed by atoms with Crippen LogP contribution >= 0.6 is 0 Å². The number of hydrogen-bond acceptors (Lipinski definition) is 4. The maximum Gasteiger partial charge on any atom is 0.311 e. The lowest BCUT2D eigenvalue weighted by atomic mass is 9.33. The number of aliphatic hydroxyl groups excluding tert-OH is 1. The molecule has 5 aliphatic carbocycles. The third-order valence-corrected chi connectivity index (χ3v) is 17.3. The summed E-state index contributed by atoms with van der Waals surface area (Å²) in [5, 5.41) is 11.0. The summed E-state index contributed by atoms with van der Waals surface area (Å²) >= 11 is 0. The summed E-state index contributed by atoms with van der Waals surface area (Å²) in [7, 11) is 0. The summed E-state index contributed by atoms with van der Waals surface area (Å²) < 4.78 is 6.06. The number of fused-ring (bicyclic) bond motifs is 7. The Balaban J connectivity index is 1.10. The largest absolute Gasteiger partial charge is 0.465 e. The molecule has 0 aliphatic heterocycles. The first-order valence-electron chi connectivity index (χ1n) is 22.7. The van der Waals surface area contributed by atoms with E-state index in [1.165, 1.54) is 95.5 Å². The normalized spacial score (nSPS) is 39.5. The summed E-state index contributed by atoms with van der Waals surface area (Å²) in [6.07, 6.45) is 32.1. The van der Waals surface area contributed by atoms with Crippen molar-refractivity contribution in [1.82, 2.24) is 0 Å². The van der Waals surface area contributed by atoms with E-state index in [0.717, 1.165) is 70.6 Å². The fourth-order valence-corrected chi connectivity index (χ4v) is 13.3. The molecule has 0 spiro atoms.